The third-order valence-corrected chi connectivity index (χ3v) is 6.62. The summed E-state index contributed by atoms with van der Waals surface area (Å²) in [6, 6.07) is 11.5. The molecule has 2 heterocycles. The zero-order valence-electron chi connectivity index (χ0n) is 24.8. The Morgan fingerprint density at radius 1 is 1.11 bits per heavy atom. The molecule has 14 heteroatoms. The molecular weight excluding hydrogens is 590 g/mol. The molecule has 0 aliphatic rings. The van der Waals surface area contributed by atoms with Gasteiger partial charge in [0.15, 0.2) is 17.4 Å². The lowest BCUT2D eigenvalue weighted by atomic mass is 10.1. The first kappa shape index (κ1) is 32.4. The number of allylic oxidation sites excluding steroid dienone is 1. The molecule has 0 saturated carbocycles. The zero-order valence-corrected chi connectivity index (χ0v) is 24.8. The molecule has 4 rings (SSSR count). The minimum atomic E-state index is -1.09. The Morgan fingerprint density at radius 2 is 1.87 bits per heavy atom. The van der Waals surface area contributed by atoms with Crippen LogP contribution >= 0.6 is 0 Å². The summed E-state index contributed by atoms with van der Waals surface area (Å²) >= 11 is 0. The zero-order chi connectivity index (χ0) is 32.5. The Balaban J connectivity index is 1.52. The lowest BCUT2D eigenvalue weighted by Gasteiger charge is -2.17. The normalized spacial score (nSPS) is 11.8. The van der Waals surface area contributed by atoms with Crippen LogP contribution in [0.4, 0.5) is 19.3 Å². The van der Waals surface area contributed by atoms with Crippen LogP contribution in [0.25, 0.3) is 11.0 Å². The van der Waals surface area contributed by atoms with Crippen molar-refractivity contribution in [3.8, 4) is 5.75 Å². The van der Waals surface area contributed by atoms with Crippen LogP contribution in [-0.2, 0) is 27.5 Å². The number of ether oxygens (including phenoxy) is 2. The first-order chi connectivity index (χ1) is 21.6. The third-order valence-electron chi connectivity index (χ3n) is 6.62. The van der Waals surface area contributed by atoms with Crippen molar-refractivity contribution in [1.29, 1.82) is 0 Å². The Bertz CT molecular complexity index is 1770. The first-order valence-electron chi connectivity index (χ1n) is 13.8. The molecule has 4 aromatic rings. The fraction of sp³-hybridized carbons (Fsp3) is 0.258. The van der Waals surface area contributed by atoms with Crippen LogP contribution < -0.4 is 20.9 Å². The van der Waals surface area contributed by atoms with E-state index in [0.717, 1.165) is 12.7 Å². The van der Waals surface area contributed by atoms with Gasteiger partial charge in [-0.25, -0.2) is 18.6 Å². The van der Waals surface area contributed by atoms with Crippen molar-refractivity contribution in [3.63, 3.8) is 0 Å². The van der Waals surface area contributed by atoms with Crippen molar-refractivity contribution in [2.45, 2.75) is 32.0 Å². The number of carbonyl (C=O) groups is 3. The number of hydrogen-bond acceptors (Lipinski definition) is 7. The van der Waals surface area contributed by atoms with E-state index in [1.54, 1.807) is 32.3 Å². The number of rotatable bonds is 12. The van der Waals surface area contributed by atoms with E-state index in [1.807, 2.05) is 18.2 Å². The maximum absolute atomic E-state index is 14.7. The highest BCUT2D eigenvalue weighted by Gasteiger charge is 2.23. The van der Waals surface area contributed by atoms with E-state index >= 15 is 0 Å². The van der Waals surface area contributed by atoms with Crippen molar-refractivity contribution >= 4 is 34.6 Å². The number of pyridine rings is 1. The van der Waals surface area contributed by atoms with E-state index in [2.05, 4.69) is 25.3 Å². The molecule has 0 aliphatic heterocycles. The average Bonchev–Trinajstić information content (AvgIpc) is 3.44. The number of halogens is 2. The molecule has 0 saturated heterocycles. The molecule has 1 unspecified atom stereocenters. The minimum absolute atomic E-state index is 0.00556. The summed E-state index contributed by atoms with van der Waals surface area (Å²) in [5, 5.41) is 4.93. The number of likely N-dealkylation sites (N-methyl/N-ethyl adjacent to an activating group) is 1. The highest BCUT2D eigenvalue weighted by atomic mass is 19.1. The summed E-state index contributed by atoms with van der Waals surface area (Å²) in [7, 11) is 4.34. The van der Waals surface area contributed by atoms with Gasteiger partial charge in [0.2, 0.25) is 11.8 Å². The summed E-state index contributed by atoms with van der Waals surface area (Å²) in [5.41, 5.74) is -0.108. The van der Waals surface area contributed by atoms with Gasteiger partial charge in [0.1, 0.15) is 35.2 Å². The number of nitrogens with one attached hydrogen (secondary N) is 3. The van der Waals surface area contributed by atoms with Crippen LogP contribution in [0.15, 0.2) is 71.7 Å². The van der Waals surface area contributed by atoms with Gasteiger partial charge in [0.05, 0.1) is 13.7 Å². The Kier molecular flexibility index (Phi) is 10.6. The quantitative estimate of drug-likeness (QED) is 0.204. The third kappa shape index (κ3) is 8.31. The van der Waals surface area contributed by atoms with Gasteiger partial charge in [-0.2, -0.15) is 0 Å². The largest absolute Gasteiger partial charge is 0.484 e. The summed E-state index contributed by atoms with van der Waals surface area (Å²) in [6.45, 7) is -0.144. The van der Waals surface area contributed by atoms with E-state index in [9.17, 15) is 28.0 Å². The van der Waals surface area contributed by atoms with Gasteiger partial charge in [-0.05, 0) is 36.6 Å². The molecule has 3 amide bonds. The Hall–Kier alpha value is -5.53. The second-order valence-corrected chi connectivity index (χ2v) is 10.1. The lowest BCUT2D eigenvalue weighted by Crippen LogP contribution is -2.44. The van der Waals surface area contributed by atoms with E-state index in [0.29, 0.717) is 6.07 Å². The monoisotopic (exact) mass is 622 g/mol. The molecule has 12 nitrogen and oxygen atoms in total. The number of amides is 3. The summed E-state index contributed by atoms with van der Waals surface area (Å²) in [4.78, 5) is 58.4. The summed E-state index contributed by atoms with van der Waals surface area (Å²) in [6.07, 6.45) is 3.87. The molecule has 0 radical (unpaired) electrons. The molecule has 0 spiro atoms. The maximum Gasteiger partial charge on any atom is 0.407 e. The molecule has 2 aromatic carbocycles. The van der Waals surface area contributed by atoms with Gasteiger partial charge in [-0.3, -0.25) is 14.4 Å². The van der Waals surface area contributed by atoms with Crippen molar-refractivity contribution in [2.24, 2.45) is 0 Å². The van der Waals surface area contributed by atoms with Gasteiger partial charge in [0.25, 0.3) is 5.56 Å². The fourth-order valence-corrected chi connectivity index (χ4v) is 4.27. The number of carbonyl (C=O) groups excluding carboxylic acids is 3. The number of hydrogen-bond donors (Lipinski definition) is 3. The van der Waals surface area contributed by atoms with E-state index in [4.69, 9.17) is 4.74 Å². The van der Waals surface area contributed by atoms with Crippen LogP contribution in [-0.4, -0.2) is 64.6 Å². The lowest BCUT2D eigenvalue weighted by molar-refractivity contribution is -0.123. The molecule has 236 valence electrons. The first-order valence-corrected chi connectivity index (χ1v) is 13.8. The number of methoxy groups -OCH3 is 1. The second-order valence-electron chi connectivity index (χ2n) is 10.1. The predicted octanol–water partition coefficient (Wildman–Crippen LogP) is 3.72. The predicted molar refractivity (Wildman–Crippen MR) is 162 cm³/mol. The number of aromatic nitrogens is 3. The van der Waals surface area contributed by atoms with Crippen LogP contribution in [0.1, 0.15) is 24.2 Å². The maximum atomic E-state index is 14.7. The van der Waals surface area contributed by atoms with Gasteiger partial charge >= 0.3 is 6.09 Å². The molecule has 45 heavy (non-hydrogen) atoms. The van der Waals surface area contributed by atoms with Crippen molar-refractivity contribution in [3.05, 3.63) is 100 Å². The van der Waals surface area contributed by atoms with Gasteiger partial charge in [0, 0.05) is 26.4 Å². The SMILES string of the molecule is COC(=O)NC(CC/C=C/C(=O)N(C)C)C(=O)Nc1cccn(Cc2nc3c(F)cc(F)c(OCc4ccccc4)c3[nH]2)c1=O. The van der Waals surface area contributed by atoms with E-state index in [1.165, 1.54) is 33.9 Å². The number of imidazole rings is 1. The molecule has 0 bridgehead atoms. The van der Waals surface area contributed by atoms with Gasteiger partial charge < -0.3 is 34.6 Å². The Labute approximate surface area is 256 Å². The number of alkyl carbamates (subject to hydrolysis) is 1. The fourth-order valence-electron chi connectivity index (χ4n) is 4.27. The second kappa shape index (κ2) is 14.8. The highest BCUT2D eigenvalue weighted by Crippen LogP contribution is 2.30. The van der Waals surface area contributed by atoms with Crippen LogP contribution in [0.3, 0.4) is 0 Å². The van der Waals surface area contributed by atoms with Gasteiger partial charge in [-0.1, -0.05) is 36.4 Å². The van der Waals surface area contributed by atoms with Crippen molar-refractivity contribution in [2.75, 3.05) is 26.5 Å². The minimum Gasteiger partial charge on any atom is -0.484 e. The van der Waals surface area contributed by atoms with Crippen LogP contribution in [0, 0.1) is 11.6 Å². The number of benzene rings is 2. The van der Waals surface area contributed by atoms with E-state index in [-0.39, 0.29) is 60.2 Å². The van der Waals surface area contributed by atoms with Crippen LogP contribution in [0.5, 0.6) is 5.75 Å². The average molecular weight is 623 g/mol. The number of H-pyrrole nitrogens is 1. The molecular formula is C31H32F2N6O6. The van der Waals surface area contributed by atoms with Crippen LogP contribution in [0.2, 0.25) is 0 Å². The van der Waals surface area contributed by atoms with E-state index < -0.39 is 35.2 Å². The van der Waals surface area contributed by atoms with Crippen molar-refractivity contribution in [1.82, 2.24) is 24.8 Å². The molecule has 0 aliphatic carbocycles. The number of nitrogens with zero attached hydrogens (tertiary/aromatic N) is 3. The number of anilines is 1. The molecule has 2 aromatic heterocycles. The topological polar surface area (TPSA) is 148 Å². The van der Waals surface area contributed by atoms with Gasteiger partial charge in [-0.15, -0.1) is 0 Å². The standard InChI is InChI=1S/C31H32F2N6O6/c1-38(2)25(40)14-8-7-12-22(35-31(43)44-3)29(41)34-23-13-9-15-39(30(23)42)17-24-36-26-20(32)16-21(33)28(27(26)37-24)45-18-19-10-5-4-6-11-19/h4-6,8-11,13-16,22H,7,12,17-18H2,1-3H3,(H,34,41)(H,35,43)(H,36,37)/b14-8+. The summed E-state index contributed by atoms with van der Waals surface area (Å²) in [5.74, 6) is -2.83. The smallest absolute Gasteiger partial charge is 0.407 e. The number of aromatic amines is 1. The van der Waals surface area contributed by atoms with Crippen molar-refractivity contribution < 1.29 is 32.6 Å². The molecule has 0 fully saturated rings. The molecule has 3 N–H and O–H groups in total. The molecule has 1 atom stereocenters. The summed E-state index contributed by atoms with van der Waals surface area (Å²) < 4.78 is 40.9. The number of fused-ring (bicyclic) bond motifs is 1. The highest BCUT2D eigenvalue weighted by molar-refractivity contribution is 5.96. The Morgan fingerprint density at radius 3 is 2.58 bits per heavy atom.